The summed E-state index contributed by atoms with van der Waals surface area (Å²) in [6.45, 7) is 15.1. The molecular weight excluding hydrogens is 705 g/mol. The van der Waals surface area contributed by atoms with Crippen LogP contribution in [0.15, 0.2) is 177 Å². The second-order valence-electron chi connectivity index (χ2n) is 15.6. The molecule has 0 radical (unpaired) electrons. The van der Waals surface area contributed by atoms with E-state index in [-0.39, 0.29) is 5.41 Å². The van der Waals surface area contributed by atoms with Crippen LogP contribution >= 0.6 is 0 Å². The first-order valence-electron chi connectivity index (χ1n) is 19.8. The Morgan fingerprint density at radius 1 is 0.569 bits per heavy atom. The van der Waals surface area contributed by atoms with Crippen LogP contribution in [0, 0.1) is 6.92 Å². The van der Waals surface area contributed by atoms with Crippen molar-refractivity contribution in [3.05, 3.63) is 205 Å². The minimum atomic E-state index is -0.151. The third kappa shape index (κ3) is 5.52. The number of fused-ring (bicyclic) bond motifs is 6. The molecule has 7 aromatic carbocycles. The Bertz CT molecular complexity index is 3090. The monoisotopic (exact) mass is 746 g/mol. The van der Waals surface area contributed by atoms with Gasteiger partial charge in [-0.15, -0.1) is 0 Å². The Balaban J connectivity index is 1.28. The van der Waals surface area contributed by atoms with E-state index in [2.05, 4.69) is 201 Å². The zero-order valence-electron chi connectivity index (χ0n) is 32.9. The standard InChI is InChI=1S/C54H42N4/c1-6-36-29-30-39(31-37(36)7-2)57(52-34-47(38-20-9-8-10-21-38)55-53(56-52)40-22-12-11-19-35(40)3)49-27-17-18-28-50(49)58-48-26-16-14-24-42(48)44-32-43-41-23-13-15-25-45(41)54(4,5)46(43)33-51(44)58/h6-34H,1-2H2,3-5H3. The fourth-order valence-corrected chi connectivity index (χ4v) is 8.97. The lowest BCUT2D eigenvalue weighted by Crippen LogP contribution is -2.16. The number of anilines is 3. The van der Waals surface area contributed by atoms with E-state index in [4.69, 9.17) is 9.97 Å². The van der Waals surface area contributed by atoms with Gasteiger partial charge in [0, 0.05) is 39.1 Å². The minimum Gasteiger partial charge on any atom is -0.307 e. The van der Waals surface area contributed by atoms with Crippen molar-refractivity contribution in [2.75, 3.05) is 4.90 Å². The molecule has 1 aliphatic carbocycles. The molecular formula is C54H42N4. The van der Waals surface area contributed by atoms with Gasteiger partial charge in [0.15, 0.2) is 5.82 Å². The molecule has 0 fully saturated rings. The van der Waals surface area contributed by atoms with Gasteiger partial charge in [0.25, 0.3) is 0 Å². The van der Waals surface area contributed by atoms with Crippen molar-refractivity contribution in [1.82, 2.24) is 14.5 Å². The van der Waals surface area contributed by atoms with Gasteiger partial charge in [-0.25, -0.2) is 9.97 Å². The van der Waals surface area contributed by atoms with Crippen LogP contribution in [0.4, 0.5) is 17.2 Å². The lowest BCUT2D eigenvalue weighted by Gasteiger charge is -2.29. The second kappa shape index (κ2) is 13.7. The van der Waals surface area contributed by atoms with Crippen molar-refractivity contribution >= 4 is 51.2 Å². The number of benzene rings is 7. The van der Waals surface area contributed by atoms with E-state index in [9.17, 15) is 0 Å². The number of nitrogens with zero attached hydrogens (tertiary/aromatic N) is 4. The molecule has 0 bridgehead atoms. The van der Waals surface area contributed by atoms with Gasteiger partial charge in [0.2, 0.25) is 0 Å². The maximum atomic E-state index is 5.44. The summed E-state index contributed by atoms with van der Waals surface area (Å²) in [4.78, 5) is 12.9. The number of aromatic nitrogens is 3. The highest BCUT2D eigenvalue weighted by Crippen LogP contribution is 2.51. The van der Waals surface area contributed by atoms with Crippen molar-refractivity contribution < 1.29 is 0 Å². The number of rotatable bonds is 8. The average Bonchev–Trinajstić information content (AvgIpc) is 3.71. The van der Waals surface area contributed by atoms with E-state index in [0.29, 0.717) is 5.82 Å². The molecule has 0 N–H and O–H groups in total. The van der Waals surface area contributed by atoms with Gasteiger partial charge in [0.1, 0.15) is 5.82 Å². The number of para-hydroxylation sites is 3. The molecule has 2 heterocycles. The predicted octanol–water partition coefficient (Wildman–Crippen LogP) is 14.3. The predicted molar refractivity (Wildman–Crippen MR) is 244 cm³/mol. The van der Waals surface area contributed by atoms with Gasteiger partial charge in [-0.2, -0.15) is 0 Å². The number of aryl methyl sites for hydroxylation is 1. The smallest absolute Gasteiger partial charge is 0.162 e. The Labute approximate surface area is 339 Å². The molecule has 0 amide bonds. The molecule has 0 spiro atoms. The molecule has 0 saturated carbocycles. The molecule has 0 unspecified atom stereocenters. The van der Waals surface area contributed by atoms with E-state index >= 15 is 0 Å². The zero-order valence-corrected chi connectivity index (χ0v) is 32.9. The first-order valence-corrected chi connectivity index (χ1v) is 19.8. The molecule has 58 heavy (non-hydrogen) atoms. The first kappa shape index (κ1) is 35.1. The SMILES string of the molecule is C=Cc1ccc(N(c2cc(-c3ccccc3)nc(-c3ccccc3C)n2)c2ccccc2-n2c3ccccc3c3cc4c(cc32)C(C)(C)c2ccccc2-4)cc1C=C. The minimum absolute atomic E-state index is 0.151. The van der Waals surface area contributed by atoms with Crippen molar-refractivity contribution in [2.24, 2.45) is 0 Å². The molecule has 9 aromatic rings. The Hall–Kier alpha value is -7.30. The van der Waals surface area contributed by atoms with E-state index in [0.717, 1.165) is 67.4 Å². The summed E-state index contributed by atoms with van der Waals surface area (Å²) in [5.74, 6) is 1.41. The highest BCUT2D eigenvalue weighted by Gasteiger charge is 2.36. The van der Waals surface area contributed by atoms with Crippen molar-refractivity contribution in [3.8, 4) is 39.5 Å². The fourth-order valence-electron chi connectivity index (χ4n) is 8.97. The van der Waals surface area contributed by atoms with E-state index < -0.39 is 0 Å². The summed E-state index contributed by atoms with van der Waals surface area (Å²) in [5.41, 5.74) is 16.4. The summed E-state index contributed by atoms with van der Waals surface area (Å²) in [6.07, 6.45) is 3.77. The third-order valence-electron chi connectivity index (χ3n) is 11.9. The quantitative estimate of drug-likeness (QED) is 0.155. The van der Waals surface area contributed by atoms with Gasteiger partial charge >= 0.3 is 0 Å². The van der Waals surface area contributed by atoms with Gasteiger partial charge in [-0.3, -0.25) is 4.90 Å². The Morgan fingerprint density at radius 2 is 1.28 bits per heavy atom. The normalized spacial score (nSPS) is 12.7. The summed E-state index contributed by atoms with van der Waals surface area (Å²) in [7, 11) is 0. The largest absolute Gasteiger partial charge is 0.307 e. The van der Waals surface area contributed by atoms with E-state index in [1.807, 2.05) is 18.2 Å². The average molecular weight is 747 g/mol. The maximum absolute atomic E-state index is 5.44. The first-order chi connectivity index (χ1) is 28.4. The highest BCUT2D eigenvalue weighted by molar-refractivity contribution is 6.12. The van der Waals surface area contributed by atoms with Gasteiger partial charge in [-0.05, 0) is 88.3 Å². The second-order valence-corrected chi connectivity index (χ2v) is 15.6. The van der Waals surface area contributed by atoms with Crippen LogP contribution in [0.2, 0.25) is 0 Å². The Kier molecular flexibility index (Phi) is 8.31. The van der Waals surface area contributed by atoms with Crippen LogP contribution in [-0.4, -0.2) is 14.5 Å². The molecule has 0 aliphatic heterocycles. The Morgan fingerprint density at radius 3 is 2.09 bits per heavy atom. The van der Waals surface area contributed by atoms with Crippen LogP contribution < -0.4 is 4.90 Å². The molecule has 278 valence electrons. The fraction of sp³-hybridized carbons (Fsp3) is 0.0741. The summed E-state index contributed by atoms with van der Waals surface area (Å²) in [6, 6.07) is 58.4. The van der Waals surface area contributed by atoms with Gasteiger partial charge in [-0.1, -0.05) is 154 Å². The van der Waals surface area contributed by atoms with Crippen LogP contribution in [-0.2, 0) is 5.41 Å². The van der Waals surface area contributed by atoms with Crippen molar-refractivity contribution in [3.63, 3.8) is 0 Å². The van der Waals surface area contributed by atoms with Crippen LogP contribution in [0.1, 0.15) is 41.7 Å². The number of hydrogen-bond acceptors (Lipinski definition) is 3. The maximum Gasteiger partial charge on any atom is 0.162 e. The molecule has 2 aromatic heterocycles. The molecule has 0 atom stereocenters. The van der Waals surface area contributed by atoms with Crippen molar-refractivity contribution in [1.29, 1.82) is 0 Å². The van der Waals surface area contributed by atoms with Crippen LogP contribution in [0.3, 0.4) is 0 Å². The van der Waals surface area contributed by atoms with Crippen LogP contribution in [0.5, 0.6) is 0 Å². The topological polar surface area (TPSA) is 34.0 Å². The molecule has 1 aliphatic rings. The lowest BCUT2D eigenvalue weighted by molar-refractivity contribution is 0.661. The summed E-state index contributed by atoms with van der Waals surface area (Å²) < 4.78 is 2.44. The third-order valence-corrected chi connectivity index (χ3v) is 11.9. The zero-order chi connectivity index (χ0) is 39.5. The molecule has 10 rings (SSSR count). The lowest BCUT2D eigenvalue weighted by atomic mass is 9.82. The highest BCUT2D eigenvalue weighted by atomic mass is 15.2. The molecule has 4 heteroatoms. The van der Waals surface area contributed by atoms with Gasteiger partial charge in [0.05, 0.1) is 28.1 Å². The van der Waals surface area contributed by atoms with E-state index in [1.54, 1.807) is 0 Å². The van der Waals surface area contributed by atoms with Gasteiger partial charge < -0.3 is 4.57 Å². The summed E-state index contributed by atoms with van der Waals surface area (Å²) in [5, 5.41) is 2.44. The molecule has 0 saturated heterocycles. The molecule has 4 nitrogen and oxygen atoms in total. The van der Waals surface area contributed by atoms with E-state index in [1.165, 1.54) is 33.0 Å². The summed E-state index contributed by atoms with van der Waals surface area (Å²) >= 11 is 0. The van der Waals surface area contributed by atoms with Crippen LogP contribution in [0.25, 0.3) is 73.4 Å². The van der Waals surface area contributed by atoms with Crippen molar-refractivity contribution in [2.45, 2.75) is 26.2 Å². The number of hydrogen-bond donors (Lipinski definition) is 0.